The molecule has 1 aliphatic heterocycles. The van der Waals surface area contributed by atoms with Gasteiger partial charge in [-0.3, -0.25) is 0 Å². The van der Waals surface area contributed by atoms with Crippen molar-refractivity contribution < 1.29 is 0 Å². The molecule has 0 aromatic heterocycles. The fourth-order valence-corrected chi connectivity index (χ4v) is 3.02. The lowest BCUT2D eigenvalue weighted by Crippen LogP contribution is -2.29. The molecule has 1 aliphatic carbocycles. The first-order valence-corrected chi connectivity index (χ1v) is 6.93. The van der Waals surface area contributed by atoms with E-state index in [1.807, 2.05) is 0 Å². The normalized spacial score (nSPS) is 24.5. The van der Waals surface area contributed by atoms with Gasteiger partial charge < -0.3 is 10.2 Å². The molecular weight excluding hydrogens is 208 g/mol. The van der Waals surface area contributed by atoms with Gasteiger partial charge in [0.2, 0.25) is 0 Å². The number of hydrogen-bond acceptors (Lipinski definition) is 2. The first-order chi connectivity index (χ1) is 8.33. The molecule has 2 nitrogen and oxygen atoms in total. The van der Waals surface area contributed by atoms with E-state index >= 15 is 0 Å². The van der Waals surface area contributed by atoms with Crippen molar-refractivity contribution in [1.82, 2.24) is 5.32 Å². The largest absolute Gasteiger partial charge is 0.370 e. The molecule has 0 bridgehead atoms. The fraction of sp³-hybridized carbons (Fsp3) is 0.600. The van der Waals surface area contributed by atoms with Crippen LogP contribution < -0.4 is 10.2 Å². The van der Waals surface area contributed by atoms with Crippen LogP contribution in [0.2, 0.25) is 0 Å². The second-order valence-electron chi connectivity index (χ2n) is 5.44. The Morgan fingerprint density at radius 2 is 2.06 bits per heavy atom. The maximum Gasteiger partial charge on any atom is 0.0369 e. The summed E-state index contributed by atoms with van der Waals surface area (Å²) in [6, 6.07) is 7.76. The van der Waals surface area contributed by atoms with Gasteiger partial charge in [0, 0.05) is 31.4 Å². The van der Waals surface area contributed by atoms with E-state index in [9.17, 15) is 0 Å². The van der Waals surface area contributed by atoms with Crippen molar-refractivity contribution in [3.63, 3.8) is 0 Å². The van der Waals surface area contributed by atoms with Crippen LogP contribution in [0.25, 0.3) is 0 Å². The number of nitrogens with zero attached hydrogens (tertiary/aromatic N) is 1. The first-order valence-electron chi connectivity index (χ1n) is 6.93. The zero-order valence-corrected chi connectivity index (χ0v) is 10.7. The predicted molar refractivity (Wildman–Crippen MR) is 72.8 cm³/mol. The van der Waals surface area contributed by atoms with Gasteiger partial charge in [0.1, 0.15) is 0 Å². The minimum Gasteiger partial charge on any atom is -0.370 e. The summed E-state index contributed by atoms with van der Waals surface area (Å²) < 4.78 is 0. The van der Waals surface area contributed by atoms with Gasteiger partial charge in [-0.2, -0.15) is 0 Å². The Balaban J connectivity index is 1.79. The summed E-state index contributed by atoms with van der Waals surface area (Å²) in [6.45, 7) is 5.72. The first kappa shape index (κ1) is 11.1. The van der Waals surface area contributed by atoms with Gasteiger partial charge in [0.25, 0.3) is 0 Å². The summed E-state index contributed by atoms with van der Waals surface area (Å²) in [5.74, 6) is 0. The number of fused-ring (bicyclic) bond motifs is 1. The van der Waals surface area contributed by atoms with E-state index in [4.69, 9.17) is 0 Å². The highest BCUT2D eigenvalue weighted by molar-refractivity contribution is 5.52. The van der Waals surface area contributed by atoms with E-state index in [-0.39, 0.29) is 0 Å². The van der Waals surface area contributed by atoms with E-state index in [2.05, 4.69) is 35.3 Å². The maximum absolute atomic E-state index is 3.55. The van der Waals surface area contributed by atoms with Crippen molar-refractivity contribution in [3.8, 4) is 0 Å². The molecule has 0 amide bonds. The highest BCUT2D eigenvalue weighted by Crippen LogP contribution is 2.27. The predicted octanol–water partition coefficient (Wildman–Crippen LogP) is 2.36. The quantitative estimate of drug-likeness (QED) is 0.797. The van der Waals surface area contributed by atoms with Gasteiger partial charge in [-0.15, -0.1) is 0 Å². The van der Waals surface area contributed by atoms with E-state index in [0.717, 1.165) is 13.1 Å². The minimum absolute atomic E-state index is 0.662. The van der Waals surface area contributed by atoms with E-state index in [1.165, 1.54) is 37.9 Å². The molecular formula is C15H22N2. The molecule has 17 heavy (non-hydrogen) atoms. The summed E-state index contributed by atoms with van der Waals surface area (Å²) in [6.07, 6.45) is 5.16. The summed E-state index contributed by atoms with van der Waals surface area (Å²) in [7, 11) is 0. The highest BCUT2D eigenvalue weighted by atomic mass is 15.2. The Morgan fingerprint density at radius 3 is 3.00 bits per heavy atom. The Bertz CT molecular complexity index is 400. The number of benzene rings is 1. The molecule has 2 aliphatic rings. The van der Waals surface area contributed by atoms with Crippen LogP contribution in [-0.4, -0.2) is 25.7 Å². The summed E-state index contributed by atoms with van der Waals surface area (Å²) in [5.41, 5.74) is 4.60. The fourth-order valence-electron chi connectivity index (χ4n) is 3.02. The second kappa shape index (κ2) is 4.69. The molecule has 0 radical (unpaired) electrons. The maximum atomic E-state index is 3.55. The van der Waals surface area contributed by atoms with Crippen LogP contribution in [0.15, 0.2) is 18.2 Å². The van der Waals surface area contributed by atoms with Gasteiger partial charge in [0.15, 0.2) is 0 Å². The van der Waals surface area contributed by atoms with Gasteiger partial charge in [-0.25, -0.2) is 0 Å². The van der Waals surface area contributed by atoms with Crippen molar-refractivity contribution in [2.24, 2.45) is 0 Å². The Kier molecular flexibility index (Phi) is 3.06. The molecule has 1 N–H and O–H groups in total. The van der Waals surface area contributed by atoms with Crippen molar-refractivity contribution in [1.29, 1.82) is 0 Å². The molecule has 3 rings (SSSR count). The minimum atomic E-state index is 0.662. The van der Waals surface area contributed by atoms with Crippen molar-refractivity contribution >= 4 is 5.69 Å². The molecule has 92 valence electrons. The number of aryl methyl sites for hydroxylation is 2. The van der Waals surface area contributed by atoms with Crippen LogP contribution in [0, 0.1) is 0 Å². The number of anilines is 1. The monoisotopic (exact) mass is 230 g/mol. The third-order valence-electron chi connectivity index (χ3n) is 4.15. The van der Waals surface area contributed by atoms with E-state index < -0.39 is 0 Å². The molecule has 1 saturated heterocycles. The van der Waals surface area contributed by atoms with Gasteiger partial charge in [0.05, 0.1) is 0 Å². The zero-order chi connectivity index (χ0) is 11.7. The Hall–Kier alpha value is -1.02. The smallest absolute Gasteiger partial charge is 0.0369 e. The summed E-state index contributed by atoms with van der Waals surface area (Å²) >= 11 is 0. The van der Waals surface area contributed by atoms with E-state index in [1.54, 1.807) is 11.1 Å². The highest BCUT2D eigenvalue weighted by Gasteiger charge is 2.16. The zero-order valence-electron chi connectivity index (χ0n) is 10.7. The third-order valence-corrected chi connectivity index (χ3v) is 4.15. The number of rotatable bonds is 1. The Morgan fingerprint density at radius 1 is 1.18 bits per heavy atom. The third kappa shape index (κ3) is 2.32. The van der Waals surface area contributed by atoms with Crippen LogP contribution in [0.3, 0.4) is 0 Å². The molecule has 0 saturated carbocycles. The topological polar surface area (TPSA) is 15.3 Å². The molecule has 1 fully saturated rings. The lowest BCUT2D eigenvalue weighted by molar-refractivity contribution is 0.566. The summed E-state index contributed by atoms with van der Waals surface area (Å²) in [5, 5.41) is 3.55. The second-order valence-corrected chi connectivity index (χ2v) is 5.44. The van der Waals surface area contributed by atoms with Gasteiger partial charge in [-0.05, 0) is 55.9 Å². The van der Waals surface area contributed by atoms with Gasteiger partial charge in [-0.1, -0.05) is 6.07 Å². The molecule has 1 heterocycles. The molecule has 1 atom stereocenters. The summed E-state index contributed by atoms with van der Waals surface area (Å²) in [4.78, 5) is 2.54. The van der Waals surface area contributed by atoms with Crippen LogP contribution in [0.1, 0.15) is 30.9 Å². The van der Waals surface area contributed by atoms with Crippen molar-refractivity contribution in [2.75, 3.05) is 24.5 Å². The number of hydrogen-bond donors (Lipinski definition) is 1. The van der Waals surface area contributed by atoms with Crippen LogP contribution in [0.5, 0.6) is 0 Å². The van der Waals surface area contributed by atoms with Crippen molar-refractivity contribution in [2.45, 2.75) is 38.6 Å². The SMILES string of the molecule is CC1CCN(c2ccc3c(c2)CCC3)CCN1. The standard InChI is InChI=1S/C15H22N2/c1-12-7-9-17(10-8-16-12)15-6-5-13-3-2-4-14(13)11-15/h5-6,11-12,16H,2-4,7-10H2,1H3. The molecule has 2 heteroatoms. The molecule has 1 aromatic rings. The van der Waals surface area contributed by atoms with Crippen LogP contribution in [0.4, 0.5) is 5.69 Å². The van der Waals surface area contributed by atoms with Crippen molar-refractivity contribution in [3.05, 3.63) is 29.3 Å². The average Bonchev–Trinajstić information content (AvgIpc) is 2.70. The lowest BCUT2D eigenvalue weighted by Gasteiger charge is -2.23. The van der Waals surface area contributed by atoms with Crippen LogP contribution >= 0.6 is 0 Å². The molecule has 1 unspecified atom stereocenters. The lowest BCUT2D eigenvalue weighted by atomic mass is 10.1. The van der Waals surface area contributed by atoms with Gasteiger partial charge >= 0.3 is 0 Å². The molecule has 1 aromatic carbocycles. The average molecular weight is 230 g/mol. The van der Waals surface area contributed by atoms with Crippen LogP contribution in [-0.2, 0) is 12.8 Å². The molecule has 0 spiro atoms. The number of nitrogens with one attached hydrogen (secondary N) is 1. The Labute approximate surface area is 104 Å². The van der Waals surface area contributed by atoms with E-state index in [0.29, 0.717) is 6.04 Å².